The highest BCUT2D eigenvalue weighted by molar-refractivity contribution is 6.05. The Balaban J connectivity index is 0.00000280. The van der Waals surface area contributed by atoms with Gasteiger partial charge >= 0.3 is 0 Å². The van der Waals surface area contributed by atoms with E-state index in [1.807, 2.05) is 0 Å². The van der Waals surface area contributed by atoms with E-state index in [-0.39, 0.29) is 29.8 Å². The fourth-order valence-corrected chi connectivity index (χ4v) is 3.03. The summed E-state index contributed by atoms with van der Waals surface area (Å²) >= 11 is 0. The van der Waals surface area contributed by atoms with Crippen LogP contribution in [0.25, 0.3) is 0 Å². The molecule has 0 bridgehead atoms. The maximum atomic E-state index is 13.3. The van der Waals surface area contributed by atoms with Gasteiger partial charge in [-0.25, -0.2) is 4.39 Å². The van der Waals surface area contributed by atoms with E-state index in [1.54, 1.807) is 18.2 Å². The number of hydrogen-bond donors (Lipinski definition) is 3. The molecule has 28 heavy (non-hydrogen) atoms. The average Bonchev–Trinajstić information content (AvgIpc) is 2.69. The Labute approximate surface area is 169 Å². The first-order valence-electron chi connectivity index (χ1n) is 8.83. The highest BCUT2D eigenvalue weighted by Crippen LogP contribution is 2.29. The molecule has 0 spiro atoms. The third-order valence-corrected chi connectivity index (χ3v) is 4.47. The van der Waals surface area contributed by atoms with Crippen LogP contribution in [0, 0.1) is 11.7 Å². The van der Waals surface area contributed by atoms with Gasteiger partial charge < -0.3 is 20.7 Å². The third-order valence-electron chi connectivity index (χ3n) is 4.47. The summed E-state index contributed by atoms with van der Waals surface area (Å²) in [5.41, 5.74) is 1.15. The van der Waals surface area contributed by atoms with E-state index < -0.39 is 11.7 Å². The van der Waals surface area contributed by atoms with E-state index in [1.165, 1.54) is 25.3 Å². The van der Waals surface area contributed by atoms with Gasteiger partial charge in [-0.15, -0.1) is 12.4 Å². The van der Waals surface area contributed by atoms with Crippen LogP contribution >= 0.6 is 12.4 Å². The molecule has 1 aliphatic rings. The fourth-order valence-electron chi connectivity index (χ4n) is 3.03. The predicted molar refractivity (Wildman–Crippen MR) is 109 cm³/mol. The second kappa shape index (κ2) is 10.1. The van der Waals surface area contributed by atoms with Crippen molar-refractivity contribution in [3.05, 3.63) is 53.8 Å². The molecule has 2 aromatic carbocycles. The largest absolute Gasteiger partial charge is 0.495 e. The van der Waals surface area contributed by atoms with Crippen molar-refractivity contribution in [2.24, 2.45) is 5.92 Å². The normalized spacial score (nSPS) is 15.9. The summed E-state index contributed by atoms with van der Waals surface area (Å²) in [5.74, 6) is -0.650. The van der Waals surface area contributed by atoms with Crippen LogP contribution in [-0.4, -0.2) is 32.0 Å². The zero-order valence-electron chi connectivity index (χ0n) is 15.5. The minimum Gasteiger partial charge on any atom is -0.495 e. The minimum absolute atomic E-state index is 0. The summed E-state index contributed by atoms with van der Waals surface area (Å²) in [6, 6.07) is 10.4. The number of piperidine rings is 1. The zero-order valence-corrected chi connectivity index (χ0v) is 16.3. The lowest BCUT2D eigenvalue weighted by atomic mass is 9.99. The maximum Gasteiger partial charge on any atom is 0.255 e. The third kappa shape index (κ3) is 5.43. The molecule has 3 rings (SSSR count). The smallest absolute Gasteiger partial charge is 0.255 e. The number of carbonyl (C=O) groups excluding carboxylic acids is 2. The number of rotatable bonds is 5. The quantitative estimate of drug-likeness (QED) is 0.709. The Morgan fingerprint density at radius 1 is 1.18 bits per heavy atom. The number of halogens is 2. The zero-order chi connectivity index (χ0) is 19.2. The van der Waals surface area contributed by atoms with Crippen molar-refractivity contribution in [1.82, 2.24) is 5.32 Å². The number of anilines is 2. The van der Waals surface area contributed by atoms with Crippen LogP contribution < -0.4 is 20.7 Å². The first-order valence-corrected chi connectivity index (χ1v) is 8.83. The maximum absolute atomic E-state index is 13.3. The fraction of sp³-hybridized carbons (Fsp3) is 0.300. The molecule has 0 saturated carbocycles. The van der Waals surface area contributed by atoms with Crippen molar-refractivity contribution in [3.63, 3.8) is 0 Å². The van der Waals surface area contributed by atoms with E-state index in [4.69, 9.17) is 4.74 Å². The second-order valence-electron chi connectivity index (χ2n) is 6.41. The molecule has 0 aliphatic carbocycles. The molecule has 0 aromatic heterocycles. The van der Waals surface area contributed by atoms with E-state index in [2.05, 4.69) is 16.0 Å². The molecule has 3 N–H and O–H groups in total. The summed E-state index contributed by atoms with van der Waals surface area (Å²) in [6.45, 7) is 1.59. The lowest BCUT2D eigenvalue weighted by Gasteiger charge is -2.22. The number of methoxy groups -OCH3 is 1. The van der Waals surface area contributed by atoms with Crippen LogP contribution in [0.3, 0.4) is 0 Å². The van der Waals surface area contributed by atoms with Gasteiger partial charge in [0.05, 0.1) is 18.7 Å². The first kappa shape index (κ1) is 21.7. The summed E-state index contributed by atoms with van der Waals surface area (Å²) in [5, 5.41) is 8.80. The molecule has 1 heterocycles. The highest BCUT2D eigenvalue weighted by atomic mass is 35.5. The molecule has 2 aromatic rings. The first-order chi connectivity index (χ1) is 13.1. The van der Waals surface area contributed by atoms with Gasteiger partial charge in [0.25, 0.3) is 5.91 Å². The van der Waals surface area contributed by atoms with Gasteiger partial charge in [0, 0.05) is 17.8 Å². The molecular weight excluding hydrogens is 385 g/mol. The predicted octanol–water partition coefficient (Wildman–Crippen LogP) is 3.45. The summed E-state index contributed by atoms with van der Waals surface area (Å²) in [4.78, 5) is 24.8. The standard InChI is InChI=1S/C20H22FN3O3.ClH/c1-27-18-8-7-16(23-20(26)14-5-3-9-22-12-14)11-17(18)24-19(25)13-4-2-6-15(21)10-13;/h2,4,6-8,10-11,14,22H,3,5,9,12H2,1H3,(H,23,26)(H,24,25);1H. The highest BCUT2D eigenvalue weighted by Gasteiger charge is 2.21. The van der Waals surface area contributed by atoms with Crippen molar-refractivity contribution in [2.45, 2.75) is 12.8 Å². The number of ether oxygens (including phenoxy) is 1. The minimum atomic E-state index is -0.489. The van der Waals surface area contributed by atoms with Crippen molar-refractivity contribution < 1.29 is 18.7 Å². The van der Waals surface area contributed by atoms with E-state index >= 15 is 0 Å². The van der Waals surface area contributed by atoms with Crippen LogP contribution in [0.4, 0.5) is 15.8 Å². The van der Waals surface area contributed by atoms with Crippen LogP contribution in [0.1, 0.15) is 23.2 Å². The van der Waals surface area contributed by atoms with Crippen molar-refractivity contribution >= 4 is 35.6 Å². The molecule has 1 atom stereocenters. The SMILES string of the molecule is COc1ccc(NC(=O)C2CCCNC2)cc1NC(=O)c1cccc(F)c1.Cl. The summed E-state index contributed by atoms with van der Waals surface area (Å²) in [6.07, 6.45) is 1.81. The van der Waals surface area contributed by atoms with E-state index in [9.17, 15) is 14.0 Å². The molecule has 1 saturated heterocycles. The molecule has 8 heteroatoms. The van der Waals surface area contributed by atoms with Gasteiger partial charge in [0.15, 0.2) is 0 Å². The average molecular weight is 408 g/mol. The van der Waals surface area contributed by atoms with Gasteiger partial charge in [-0.1, -0.05) is 6.07 Å². The van der Waals surface area contributed by atoms with Crippen molar-refractivity contribution in [3.8, 4) is 5.75 Å². The molecule has 1 aliphatic heterocycles. The van der Waals surface area contributed by atoms with Gasteiger partial charge in [0.2, 0.25) is 5.91 Å². The lowest BCUT2D eigenvalue weighted by molar-refractivity contribution is -0.120. The Morgan fingerprint density at radius 2 is 2.00 bits per heavy atom. The van der Waals surface area contributed by atoms with Gasteiger partial charge in [0.1, 0.15) is 11.6 Å². The molecular formula is C20H23ClFN3O3. The Hall–Kier alpha value is -2.64. The number of benzene rings is 2. The van der Waals surface area contributed by atoms with E-state index in [0.717, 1.165) is 25.5 Å². The van der Waals surface area contributed by atoms with Crippen LogP contribution in [0.15, 0.2) is 42.5 Å². The van der Waals surface area contributed by atoms with Crippen molar-refractivity contribution in [1.29, 1.82) is 0 Å². The molecule has 6 nitrogen and oxygen atoms in total. The number of nitrogens with one attached hydrogen (secondary N) is 3. The number of hydrogen-bond acceptors (Lipinski definition) is 4. The molecule has 1 unspecified atom stereocenters. The van der Waals surface area contributed by atoms with Crippen LogP contribution in [0.2, 0.25) is 0 Å². The molecule has 1 fully saturated rings. The number of carbonyl (C=O) groups is 2. The molecule has 2 amide bonds. The Kier molecular flexibility index (Phi) is 7.78. The monoisotopic (exact) mass is 407 g/mol. The van der Waals surface area contributed by atoms with Gasteiger partial charge in [-0.3, -0.25) is 9.59 Å². The molecule has 150 valence electrons. The van der Waals surface area contributed by atoms with Gasteiger partial charge in [-0.2, -0.15) is 0 Å². The second-order valence-corrected chi connectivity index (χ2v) is 6.41. The van der Waals surface area contributed by atoms with Crippen LogP contribution in [0.5, 0.6) is 5.75 Å². The number of amides is 2. The van der Waals surface area contributed by atoms with E-state index in [0.29, 0.717) is 23.7 Å². The van der Waals surface area contributed by atoms with Gasteiger partial charge in [-0.05, 0) is 55.8 Å². The summed E-state index contributed by atoms with van der Waals surface area (Å²) < 4.78 is 18.6. The Bertz CT molecular complexity index is 841. The van der Waals surface area contributed by atoms with Crippen molar-refractivity contribution in [2.75, 3.05) is 30.8 Å². The van der Waals surface area contributed by atoms with Crippen LogP contribution in [-0.2, 0) is 4.79 Å². The topological polar surface area (TPSA) is 79.5 Å². The Morgan fingerprint density at radius 3 is 2.68 bits per heavy atom. The molecule has 0 radical (unpaired) electrons. The lowest BCUT2D eigenvalue weighted by Crippen LogP contribution is -2.37. The summed E-state index contributed by atoms with van der Waals surface area (Å²) in [7, 11) is 1.49.